The zero-order valence-electron chi connectivity index (χ0n) is 13.5. The number of halogens is 1. The number of aliphatic hydroxyl groups excluding tert-OH is 1. The molecule has 1 saturated heterocycles. The van der Waals surface area contributed by atoms with Crippen molar-refractivity contribution in [3.8, 4) is 0 Å². The zero-order chi connectivity index (χ0) is 15.9. The Morgan fingerprint density at radius 1 is 1.36 bits per heavy atom. The molecule has 4 unspecified atom stereocenters. The van der Waals surface area contributed by atoms with E-state index in [9.17, 15) is 5.11 Å². The molecule has 1 aliphatic heterocycles. The maximum absolute atomic E-state index is 10.0. The fourth-order valence-electron chi connectivity index (χ4n) is 3.83. The highest BCUT2D eigenvalue weighted by Crippen LogP contribution is 2.48. The lowest BCUT2D eigenvalue weighted by molar-refractivity contribution is -0.191. The highest BCUT2D eigenvalue weighted by atomic mass is 79.9. The molecular weight excluding hydrogens is 348 g/mol. The number of ether oxygens (including phenoxy) is 3. The van der Waals surface area contributed by atoms with E-state index in [1.807, 2.05) is 13.0 Å². The van der Waals surface area contributed by atoms with Gasteiger partial charge in [-0.2, -0.15) is 0 Å². The summed E-state index contributed by atoms with van der Waals surface area (Å²) in [7, 11) is 1.50. The van der Waals surface area contributed by atoms with E-state index >= 15 is 0 Å². The number of methoxy groups -OCH3 is 1. The van der Waals surface area contributed by atoms with E-state index in [0.717, 1.165) is 29.7 Å². The van der Waals surface area contributed by atoms with E-state index in [2.05, 4.69) is 22.9 Å². The van der Waals surface area contributed by atoms with Crippen molar-refractivity contribution in [2.75, 3.05) is 7.11 Å². The second-order valence-electron chi connectivity index (χ2n) is 6.64. The number of rotatable bonds is 3. The molecule has 0 aromatic carbocycles. The molecular formula is C17H25BrO4. The van der Waals surface area contributed by atoms with Crippen molar-refractivity contribution in [3.63, 3.8) is 0 Å². The molecule has 1 heterocycles. The van der Waals surface area contributed by atoms with Crippen LogP contribution in [0.1, 0.15) is 46.0 Å². The quantitative estimate of drug-likeness (QED) is 0.606. The molecule has 0 amide bonds. The van der Waals surface area contributed by atoms with E-state index < -0.39 is 12.1 Å². The maximum Gasteiger partial charge on any atom is 0.210 e. The van der Waals surface area contributed by atoms with Gasteiger partial charge >= 0.3 is 0 Å². The molecule has 4 nitrogen and oxygen atoms in total. The maximum atomic E-state index is 10.0. The van der Waals surface area contributed by atoms with Crippen molar-refractivity contribution in [2.45, 2.75) is 69.0 Å². The highest BCUT2D eigenvalue weighted by molar-refractivity contribution is 9.09. The first kappa shape index (κ1) is 16.5. The molecule has 0 aromatic rings. The van der Waals surface area contributed by atoms with Crippen molar-refractivity contribution < 1.29 is 19.3 Å². The Bertz CT molecular complexity index is 495. The normalized spacial score (nSPS) is 37.6. The van der Waals surface area contributed by atoms with E-state index in [4.69, 9.17) is 14.2 Å². The number of alkyl halides is 1. The van der Waals surface area contributed by atoms with Gasteiger partial charge in [0.1, 0.15) is 11.9 Å². The Balaban J connectivity index is 1.87. The molecule has 22 heavy (non-hydrogen) atoms. The van der Waals surface area contributed by atoms with Crippen LogP contribution in [0, 0.1) is 5.92 Å². The smallest absolute Gasteiger partial charge is 0.210 e. The van der Waals surface area contributed by atoms with Crippen molar-refractivity contribution in [1.29, 1.82) is 0 Å². The SMILES string of the molecule is COC(O)C1=CC(Br)C2OC(C)(C3CCCCC3)OC2=C1C. The Morgan fingerprint density at radius 2 is 2.05 bits per heavy atom. The third-order valence-electron chi connectivity index (χ3n) is 5.20. The minimum atomic E-state index is -0.932. The van der Waals surface area contributed by atoms with Gasteiger partial charge in [0.25, 0.3) is 0 Å². The molecule has 2 fully saturated rings. The zero-order valence-corrected chi connectivity index (χ0v) is 15.1. The molecule has 0 radical (unpaired) electrons. The van der Waals surface area contributed by atoms with E-state index in [1.165, 1.54) is 26.4 Å². The van der Waals surface area contributed by atoms with Crippen LogP contribution in [0.5, 0.6) is 0 Å². The average Bonchev–Trinajstić information content (AvgIpc) is 2.91. The molecule has 2 aliphatic carbocycles. The van der Waals surface area contributed by atoms with Crippen LogP contribution in [0.4, 0.5) is 0 Å². The first-order valence-electron chi connectivity index (χ1n) is 8.11. The van der Waals surface area contributed by atoms with Gasteiger partial charge in [0.2, 0.25) is 5.79 Å². The Morgan fingerprint density at radius 3 is 2.68 bits per heavy atom. The number of fused-ring (bicyclic) bond motifs is 1. The lowest BCUT2D eigenvalue weighted by Crippen LogP contribution is -2.38. The van der Waals surface area contributed by atoms with Crippen LogP contribution in [-0.2, 0) is 14.2 Å². The standard InChI is InChI=1S/C17H25BrO4/c1-10-12(16(19)20-3)9-13(18)15-14(10)21-17(2,22-15)11-7-5-4-6-8-11/h9,11,13,15-16,19H,4-8H2,1-3H3. The van der Waals surface area contributed by atoms with E-state index in [0.29, 0.717) is 5.92 Å². The molecule has 124 valence electrons. The highest BCUT2D eigenvalue weighted by Gasteiger charge is 2.51. The van der Waals surface area contributed by atoms with Crippen LogP contribution in [0.15, 0.2) is 23.0 Å². The topological polar surface area (TPSA) is 47.9 Å². The number of aliphatic hydroxyl groups is 1. The Hall–Kier alpha value is -0.360. The molecule has 0 bridgehead atoms. The van der Waals surface area contributed by atoms with Gasteiger partial charge in [0.15, 0.2) is 6.29 Å². The molecule has 4 atom stereocenters. The summed E-state index contributed by atoms with van der Waals surface area (Å²) in [6, 6.07) is 0. The summed E-state index contributed by atoms with van der Waals surface area (Å²) in [4.78, 5) is -0.0172. The summed E-state index contributed by atoms with van der Waals surface area (Å²) in [6.07, 6.45) is 7.03. The van der Waals surface area contributed by atoms with E-state index in [1.54, 1.807) is 0 Å². The second kappa shape index (κ2) is 6.27. The Kier molecular flexibility index (Phi) is 4.70. The molecule has 5 heteroatoms. The molecule has 3 rings (SSSR count). The summed E-state index contributed by atoms with van der Waals surface area (Å²) in [5, 5.41) is 10.0. The lowest BCUT2D eigenvalue weighted by atomic mass is 9.84. The molecule has 1 saturated carbocycles. The van der Waals surface area contributed by atoms with Gasteiger partial charge < -0.3 is 19.3 Å². The summed E-state index contributed by atoms with van der Waals surface area (Å²) < 4.78 is 17.7. The third kappa shape index (κ3) is 2.77. The molecule has 0 aromatic heterocycles. The fraction of sp³-hybridized carbons (Fsp3) is 0.765. The summed E-state index contributed by atoms with van der Waals surface area (Å²) in [6.45, 7) is 4.03. The number of hydrogen-bond donors (Lipinski definition) is 1. The predicted molar refractivity (Wildman–Crippen MR) is 87.5 cm³/mol. The van der Waals surface area contributed by atoms with Crippen molar-refractivity contribution >= 4 is 15.9 Å². The molecule has 0 spiro atoms. The summed E-state index contributed by atoms with van der Waals surface area (Å²) in [5.74, 6) is 0.709. The first-order valence-corrected chi connectivity index (χ1v) is 9.02. The lowest BCUT2D eigenvalue weighted by Gasteiger charge is -2.35. The number of hydrogen-bond acceptors (Lipinski definition) is 4. The fourth-order valence-corrected chi connectivity index (χ4v) is 4.47. The van der Waals surface area contributed by atoms with Crippen LogP contribution >= 0.6 is 15.9 Å². The first-order chi connectivity index (χ1) is 10.5. The van der Waals surface area contributed by atoms with Crippen molar-refractivity contribution in [2.24, 2.45) is 5.92 Å². The van der Waals surface area contributed by atoms with Gasteiger partial charge in [-0.15, -0.1) is 0 Å². The molecule has 1 N–H and O–H groups in total. The summed E-state index contributed by atoms with van der Waals surface area (Å²) >= 11 is 3.65. The third-order valence-corrected chi connectivity index (χ3v) is 5.94. The van der Waals surface area contributed by atoms with Crippen LogP contribution in [0.25, 0.3) is 0 Å². The summed E-state index contributed by atoms with van der Waals surface area (Å²) in [5.41, 5.74) is 1.68. The van der Waals surface area contributed by atoms with Crippen LogP contribution in [0.2, 0.25) is 0 Å². The van der Waals surface area contributed by atoms with Crippen LogP contribution in [-0.4, -0.2) is 35.2 Å². The molecule has 3 aliphatic rings. The van der Waals surface area contributed by atoms with Crippen molar-refractivity contribution in [3.05, 3.63) is 23.0 Å². The van der Waals surface area contributed by atoms with Gasteiger partial charge in [-0.3, -0.25) is 0 Å². The second-order valence-corrected chi connectivity index (χ2v) is 7.69. The van der Waals surface area contributed by atoms with Gasteiger partial charge in [0, 0.05) is 25.5 Å². The monoisotopic (exact) mass is 372 g/mol. The van der Waals surface area contributed by atoms with Gasteiger partial charge in [-0.1, -0.05) is 41.3 Å². The van der Waals surface area contributed by atoms with Crippen LogP contribution < -0.4 is 0 Å². The van der Waals surface area contributed by atoms with Crippen molar-refractivity contribution in [1.82, 2.24) is 0 Å². The Labute approximate surface area is 140 Å². The minimum absolute atomic E-state index is 0.0172. The van der Waals surface area contributed by atoms with Gasteiger partial charge in [-0.05, 0) is 25.3 Å². The predicted octanol–water partition coefficient (Wildman–Crippen LogP) is 3.64. The minimum Gasteiger partial charge on any atom is -0.464 e. The van der Waals surface area contributed by atoms with Gasteiger partial charge in [-0.25, -0.2) is 0 Å². The largest absolute Gasteiger partial charge is 0.464 e. The van der Waals surface area contributed by atoms with Crippen LogP contribution in [0.3, 0.4) is 0 Å². The van der Waals surface area contributed by atoms with Gasteiger partial charge in [0.05, 0.1) is 4.83 Å². The average molecular weight is 373 g/mol. The van der Waals surface area contributed by atoms with E-state index in [-0.39, 0.29) is 10.9 Å².